The zero-order valence-electron chi connectivity index (χ0n) is 8.54. The summed E-state index contributed by atoms with van der Waals surface area (Å²) in [6.45, 7) is 5.33. The molecule has 5 heteroatoms. The lowest BCUT2D eigenvalue weighted by Gasteiger charge is -1.90. The molecule has 0 aromatic carbocycles. The van der Waals surface area contributed by atoms with Crippen LogP contribution in [0.4, 0.5) is 4.79 Å². The van der Waals surface area contributed by atoms with Crippen molar-refractivity contribution in [3.05, 3.63) is 0 Å². The fraction of sp³-hybridized carbons (Fsp3) is 0.875. The largest absolute Gasteiger partial charge is 0.508 e. The summed E-state index contributed by atoms with van der Waals surface area (Å²) in [5.74, 6) is 0. The van der Waals surface area contributed by atoms with Gasteiger partial charge in [0.1, 0.15) is 23.2 Å². The molecule has 1 rings (SSSR count). The van der Waals surface area contributed by atoms with Crippen molar-refractivity contribution < 1.29 is 18.7 Å². The Bertz CT molecular complexity index is 136. The Morgan fingerprint density at radius 1 is 1.69 bits per heavy atom. The van der Waals surface area contributed by atoms with Gasteiger partial charge >= 0.3 is 6.16 Å². The maximum Gasteiger partial charge on any atom is 0.508 e. The average molecular weight is 206 g/mol. The number of carbonyl (C=O) groups excluding carboxylic acids is 1. The first-order valence-electron chi connectivity index (χ1n) is 4.53. The van der Waals surface area contributed by atoms with Gasteiger partial charge in [-0.25, -0.2) is 4.79 Å². The Morgan fingerprint density at radius 3 is 2.54 bits per heavy atom. The van der Waals surface area contributed by atoms with Gasteiger partial charge in [0, 0.05) is 6.61 Å². The van der Waals surface area contributed by atoms with E-state index in [0.29, 0.717) is 6.61 Å². The van der Waals surface area contributed by atoms with Crippen molar-refractivity contribution in [3.8, 4) is 0 Å². The maximum atomic E-state index is 10.0. The number of carbonyl (C=O) groups is 1. The molecule has 0 aromatic heterocycles. The minimum absolute atomic E-state index is 0.0486. The van der Waals surface area contributed by atoms with E-state index in [-0.39, 0.29) is 6.10 Å². The van der Waals surface area contributed by atoms with Crippen molar-refractivity contribution in [3.63, 3.8) is 0 Å². The van der Waals surface area contributed by atoms with E-state index in [2.05, 4.69) is 16.4 Å². The van der Waals surface area contributed by atoms with Crippen LogP contribution in [0.5, 0.6) is 0 Å². The fourth-order valence-corrected chi connectivity index (χ4v) is 0.995. The van der Waals surface area contributed by atoms with E-state index < -0.39 is 6.16 Å². The predicted molar refractivity (Wildman–Crippen MR) is 52.7 cm³/mol. The predicted octanol–water partition coefficient (Wildman–Crippen LogP) is 0.625. The topological polar surface area (TPSA) is 44.8 Å². The van der Waals surface area contributed by atoms with Crippen LogP contribution in [0.2, 0.25) is 0 Å². The minimum atomic E-state index is -0.549. The highest BCUT2D eigenvalue weighted by atomic mass is 28.2. The van der Waals surface area contributed by atoms with E-state index >= 15 is 0 Å². The Balaban J connectivity index is 0.000000226. The quantitative estimate of drug-likeness (QED) is 0.386. The number of hydrogen-bond acceptors (Lipinski definition) is 4. The third-order valence-corrected chi connectivity index (χ3v) is 1.84. The molecule has 0 amide bonds. The van der Waals surface area contributed by atoms with Gasteiger partial charge in [0.15, 0.2) is 0 Å². The summed E-state index contributed by atoms with van der Waals surface area (Å²) in [4.78, 5) is 10.0. The van der Waals surface area contributed by atoms with E-state index in [1.807, 2.05) is 0 Å². The van der Waals surface area contributed by atoms with Crippen LogP contribution in [0.15, 0.2) is 0 Å². The number of hydrogen-bond donors (Lipinski definition) is 0. The van der Waals surface area contributed by atoms with Gasteiger partial charge in [-0.2, -0.15) is 0 Å². The van der Waals surface area contributed by atoms with Crippen LogP contribution in [-0.4, -0.2) is 36.0 Å². The lowest BCUT2D eigenvalue weighted by Crippen LogP contribution is -2.01. The van der Waals surface area contributed by atoms with Crippen molar-refractivity contribution >= 4 is 16.6 Å². The van der Waals surface area contributed by atoms with E-state index in [9.17, 15) is 4.79 Å². The molecule has 1 heterocycles. The van der Waals surface area contributed by atoms with Crippen molar-refractivity contribution in [1.82, 2.24) is 0 Å². The highest BCUT2D eigenvalue weighted by molar-refractivity contribution is 5.97. The van der Waals surface area contributed by atoms with Gasteiger partial charge < -0.3 is 13.9 Å². The van der Waals surface area contributed by atoms with Crippen LogP contribution in [-0.2, 0) is 13.9 Å². The molecule has 0 aromatic rings. The van der Waals surface area contributed by atoms with Crippen LogP contribution in [0.3, 0.4) is 0 Å². The molecule has 0 spiro atoms. The Kier molecular flexibility index (Phi) is 7.72. The van der Waals surface area contributed by atoms with Crippen LogP contribution in [0.1, 0.15) is 26.7 Å². The molecular weight excluding hydrogens is 188 g/mol. The standard InChI is InChI=1S/C4H6O3.C4H12OSi/c1-3-2-6-4(5)7-3;1-2-3-4-5-6/h3H,2H2,1H3;2-4H2,1,6H3. The van der Waals surface area contributed by atoms with Crippen molar-refractivity contribution in [2.45, 2.75) is 32.8 Å². The first kappa shape index (κ1) is 12.4. The molecule has 78 valence electrons. The zero-order valence-corrected chi connectivity index (χ0v) is 10.5. The smallest absolute Gasteiger partial charge is 0.430 e. The lowest BCUT2D eigenvalue weighted by molar-refractivity contribution is 0.121. The first-order valence-corrected chi connectivity index (χ1v) is 5.34. The lowest BCUT2D eigenvalue weighted by atomic mass is 10.4. The summed E-state index contributed by atoms with van der Waals surface area (Å²) in [5, 5.41) is 0. The second-order valence-electron chi connectivity index (χ2n) is 2.84. The van der Waals surface area contributed by atoms with Crippen LogP contribution >= 0.6 is 0 Å². The molecule has 4 nitrogen and oxygen atoms in total. The number of ether oxygens (including phenoxy) is 2. The van der Waals surface area contributed by atoms with Gasteiger partial charge in [-0.15, -0.1) is 0 Å². The third kappa shape index (κ3) is 7.80. The monoisotopic (exact) mass is 206 g/mol. The molecule has 1 unspecified atom stereocenters. The normalized spacial score (nSPS) is 20.2. The summed E-state index contributed by atoms with van der Waals surface area (Å²) < 4.78 is 13.8. The second-order valence-corrected chi connectivity index (χ2v) is 3.41. The third-order valence-electron chi connectivity index (χ3n) is 1.44. The average Bonchev–Trinajstić information content (AvgIpc) is 2.47. The van der Waals surface area contributed by atoms with Crippen LogP contribution < -0.4 is 0 Å². The van der Waals surface area contributed by atoms with Crippen LogP contribution in [0, 0.1) is 0 Å². The summed E-state index contributed by atoms with van der Waals surface area (Å²) >= 11 is 0. The molecule has 0 saturated carbocycles. The fourth-order valence-electron chi connectivity index (χ4n) is 0.706. The zero-order chi connectivity index (χ0) is 10.1. The van der Waals surface area contributed by atoms with Crippen molar-refractivity contribution in [2.24, 2.45) is 0 Å². The molecule has 1 atom stereocenters. The summed E-state index contributed by atoms with van der Waals surface area (Å²) in [6.07, 6.45) is 1.88. The molecule has 13 heavy (non-hydrogen) atoms. The maximum absolute atomic E-state index is 10.0. The van der Waals surface area contributed by atoms with Gasteiger partial charge in [0.2, 0.25) is 0 Å². The number of unbranched alkanes of at least 4 members (excludes halogenated alkanes) is 1. The van der Waals surface area contributed by atoms with E-state index in [1.54, 1.807) is 6.92 Å². The molecule has 1 saturated heterocycles. The molecular formula is C8H18O4Si. The van der Waals surface area contributed by atoms with Gasteiger partial charge in [0.05, 0.1) is 0 Å². The molecule has 1 aliphatic rings. The summed E-state index contributed by atoms with van der Waals surface area (Å²) in [7, 11) is 0.903. The van der Waals surface area contributed by atoms with Crippen molar-refractivity contribution in [2.75, 3.05) is 13.2 Å². The van der Waals surface area contributed by atoms with Crippen molar-refractivity contribution in [1.29, 1.82) is 0 Å². The van der Waals surface area contributed by atoms with Gasteiger partial charge in [-0.1, -0.05) is 13.3 Å². The summed E-state index contributed by atoms with van der Waals surface area (Å²) in [5.41, 5.74) is 0. The molecule has 1 fully saturated rings. The molecule has 0 N–H and O–H groups in total. The van der Waals surface area contributed by atoms with E-state index in [4.69, 9.17) is 4.43 Å². The van der Waals surface area contributed by atoms with Crippen LogP contribution in [0.25, 0.3) is 0 Å². The molecule has 0 aliphatic carbocycles. The number of rotatable bonds is 3. The molecule has 0 radical (unpaired) electrons. The summed E-state index contributed by atoms with van der Waals surface area (Å²) in [6, 6.07) is 0. The number of cyclic esters (lactones) is 2. The van der Waals surface area contributed by atoms with E-state index in [0.717, 1.165) is 17.1 Å². The first-order chi connectivity index (χ1) is 6.20. The van der Waals surface area contributed by atoms with E-state index in [1.165, 1.54) is 12.8 Å². The Morgan fingerprint density at radius 2 is 2.38 bits per heavy atom. The second kappa shape index (κ2) is 8.06. The molecule has 1 aliphatic heterocycles. The molecule has 0 bridgehead atoms. The Hall–Kier alpha value is -0.553. The van der Waals surface area contributed by atoms with Gasteiger partial charge in [0.25, 0.3) is 0 Å². The van der Waals surface area contributed by atoms with Gasteiger partial charge in [-0.3, -0.25) is 0 Å². The highest BCUT2D eigenvalue weighted by Crippen LogP contribution is 2.02. The van der Waals surface area contributed by atoms with Gasteiger partial charge in [-0.05, 0) is 13.3 Å². The highest BCUT2D eigenvalue weighted by Gasteiger charge is 2.19. The minimum Gasteiger partial charge on any atom is -0.430 e. The Labute approximate surface area is 82.1 Å². The SMILES string of the molecule is CC1COC(=O)O1.CCCCO[SiH3].